The zero-order chi connectivity index (χ0) is 13.8. The molecule has 0 saturated carbocycles. The van der Waals surface area contributed by atoms with Gasteiger partial charge in [0.25, 0.3) is 0 Å². The lowest BCUT2D eigenvalue weighted by Gasteiger charge is -2.26. The average molecular weight is 264 g/mol. The van der Waals surface area contributed by atoms with Crippen molar-refractivity contribution in [1.82, 2.24) is 0 Å². The topological polar surface area (TPSA) is 29.3 Å². The largest absolute Gasteiger partial charge is 0.369 e. The zero-order valence-electron chi connectivity index (χ0n) is 12.0. The van der Waals surface area contributed by atoms with E-state index in [1.807, 2.05) is 13.0 Å². The van der Waals surface area contributed by atoms with Crippen LogP contribution in [0.2, 0.25) is 0 Å². The van der Waals surface area contributed by atoms with E-state index in [1.54, 1.807) is 12.1 Å². The molecular formula is C16H25FN2. The third kappa shape index (κ3) is 3.69. The van der Waals surface area contributed by atoms with Crippen LogP contribution in [-0.4, -0.2) is 19.1 Å². The molecule has 0 bridgehead atoms. The summed E-state index contributed by atoms with van der Waals surface area (Å²) >= 11 is 0. The van der Waals surface area contributed by atoms with Gasteiger partial charge in [-0.15, -0.1) is 0 Å². The van der Waals surface area contributed by atoms with Crippen molar-refractivity contribution < 1.29 is 4.39 Å². The van der Waals surface area contributed by atoms with Gasteiger partial charge in [0.15, 0.2) is 0 Å². The number of hydrogen-bond acceptors (Lipinski definition) is 2. The quantitative estimate of drug-likeness (QED) is 0.907. The summed E-state index contributed by atoms with van der Waals surface area (Å²) in [5.41, 5.74) is 7.72. The fraction of sp³-hybridized carbons (Fsp3) is 0.625. The highest BCUT2D eigenvalue weighted by Gasteiger charge is 2.20. The highest BCUT2D eigenvalue weighted by atomic mass is 19.1. The molecule has 106 valence electrons. The Labute approximate surface area is 115 Å². The van der Waals surface area contributed by atoms with Crippen LogP contribution >= 0.6 is 0 Å². The van der Waals surface area contributed by atoms with Crippen LogP contribution in [0.1, 0.15) is 38.7 Å². The SMILES string of the molecule is CC(N)Cc1cccc(F)c1N1CCCC(C)CC1. The second-order valence-electron chi connectivity index (χ2n) is 5.95. The van der Waals surface area contributed by atoms with Gasteiger partial charge in [0.1, 0.15) is 5.82 Å². The molecule has 0 amide bonds. The first kappa shape index (κ1) is 14.3. The van der Waals surface area contributed by atoms with E-state index in [0.717, 1.165) is 49.5 Å². The summed E-state index contributed by atoms with van der Waals surface area (Å²) in [7, 11) is 0. The van der Waals surface area contributed by atoms with E-state index in [4.69, 9.17) is 5.73 Å². The summed E-state index contributed by atoms with van der Waals surface area (Å²) in [6, 6.07) is 5.42. The summed E-state index contributed by atoms with van der Waals surface area (Å²) < 4.78 is 14.2. The molecule has 1 heterocycles. The minimum Gasteiger partial charge on any atom is -0.369 e. The lowest BCUT2D eigenvalue weighted by molar-refractivity contribution is 0.520. The molecule has 3 heteroatoms. The molecule has 0 spiro atoms. The van der Waals surface area contributed by atoms with Crippen molar-refractivity contribution in [2.75, 3.05) is 18.0 Å². The first-order valence-electron chi connectivity index (χ1n) is 7.36. The number of nitrogens with two attached hydrogens (primary N) is 1. The van der Waals surface area contributed by atoms with E-state index in [2.05, 4.69) is 11.8 Å². The highest BCUT2D eigenvalue weighted by molar-refractivity contribution is 5.55. The van der Waals surface area contributed by atoms with Gasteiger partial charge < -0.3 is 10.6 Å². The van der Waals surface area contributed by atoms with Crippen molar-refractivity contribution in [2.45, 2.75) is 45.6 Å². The number of nitrogens with zero attached hydrogens (tertiary/aromatic N) is 1. The monoisotopic (exact) mass is 264 g/mol. The number of hydrogen-bond donors (Lipinski definition) is 1. The summed E-state index contributed by atoms with van der Waals surface area (Å²) in [5, 5.41) is 0. The van der Waals surface area contributed by atoms with Crippen LogP contribution in [0.3, 0.4) is 0 Å². The molecule has 0 aromatic heterocycles. The molecule has 2 rings (SSSR count). The molecule has 1 aliphatic rings. The Balaban J connectivity index is 2.26. The third-order valence-electron chi connectivity index (χ3n) is 3.95. The Bertz CT molecular complexity index is 417. The van der Waals surface area contributed by atoms with Crippen LogP contribution in [0.25, 0.3) is 0 Å². The van der Waals surface area contributed by atoms with Crippen molar-refractivity contribution in [1.29, 1.82) is 0 Å². The van der Waals surface area contributed by atoms with E-state index < -0.39 is 0 Å². The van der Waals surface area contributed by atoms with Crippen LogP contribution in [0.15, 0.2) is 18.2 Å². The summed E-state index contributed by atoms with van der Waals surface area (Å²) in [4.78, 5) is 2.22. The molecule has 1 aromatic carbocycles. The van der Waals surface area contributed by atoms with Gasteiger partial charge in [0, 0.05) is 19.1 Å². The van der Waals surface area contributed by atoms with Crippen LogP contribution in [0.4, 0.5) is 10.1 Å². The number of anilines is 1. The predicted octanol–water partition coefficient (Wildman–Crippen LogP) is 3.34. The number of benzene rings is 1. The molecule has 1 aliphatic heterocycles. The first-order valence-corrected chi connectivity index (χ1v) is 7.36. The number of para-hydroxylation sites is 1. The molecular weight excluding hydrogens is 239 g/mol. The Morgan fingerprint density at radius 2 is 2.16 bits per heavy atom. The minimum atomic E-state index is -0.104. The Morgan fingerprint density at radius 3 is 2.89 bits per heavy atom. The lowest BCUT2D eigenvalue weighted by atomic mass is 10.0. The Morgan fingerprint density at radius 1 is 1.37 bits per heavy atom. The van der Waals surface area contributed by atoms with Crippen LogP contribution in [-0.2, 0) is 6.42 Å². The predicted molar refractivity (Wildman–Crippen MR) is 79.0 cm³/mol. The first-order chi connectivity index (χ1) is 9.08. The fourth-order valence-corrected chi connectivity index (χ4v) is 2.91. The maximum absolute atomic E-state index is 14.2. The van der Waals surface area contributed by atoms with Crippen molar-refractivity contribution in [3.8, 4) is 0 Å². The van der Waals surface area contributed by atoms with Crippen molar-refractivity contribution in [3.63, 3.8) is 0 Å². The molecule has 0 aliphatic carbocycles. The van der Waals surface area contributed by atoms with E-state index in [0.29, 0.717) is 0 Å². The molecule has 2 atom stereocenters. The molecule has 0 radical (unpaired) electrons. The summed E-state index contributed by atoms with van der Waals surface area (Å²) in [5.74, 6) is 0.640. The minimum absolute atomic E-state index is 0.0615. The van der Waals surface area contributed by atoms with Crippen molar-refractivity contribution >= 4 is 5.69 Å². The normalized spacial score (nSPS) is 22.1. The van der Waals surface area contributed by atoms with Crippen molar-refractivity contribution in [3.05, 3.63) is 29.6 Å². The van der Waals surface area contributed by atoms with Crippen molar-refractivity contribution in [2.24, 2.45) is 11.7 Å². The zero-order valence-corrected chi connectivity index (χ0v) is 12.0. The molecule has 1 fully saturated rings. The molecule has 2 unspecified atom stereocenters. The average Bonchev–Trinajstić information content (AvgIpc) is 2.54. The van der Waals surface area contributed by atoms with E-state index in [9.17, 15) is 4.39 Å². The third-order valence-corrected chi connectivity index (χ3v) is 3.95. The smallest absolute Gasteiger partial charge is 0.146 e. The second kappa shape index (κ2) is 6.38. The molecule has 2 N–H and O–H groups in total. The highest BCUT2D eigenvalue weighted by Crippen LogP contribution is 2.29. The van der Waals surface area contributed by atoms with E-state index >= 15 is 0 Å². The number of halogens is 1. The molecule has 1 aromatic rings. The van der Waals surface area contributed by atoms with Gasteiger partial charge in [-0.25, -0.2) is 4.39 Å². The summed E-state index contributed by atoms with van der Waals surface area (Å²) in [6.45, 7) is 6.16. The van der Waals surface area contributed by atoms with Crippen LogP contribution in [0, 0.1) is 11.7 Å². The van der Waals surface area contributed by atoms with E-state index in [-0.39, 0.29) is 11.9 Å². The van der Waals surface area contributed by atoms with Crippen LogP contribution in [0.5, 0.6) is 0 Å². The Hall–Kier alpha value is -1.09. The molecule has 1 saturated heterocycles. The lowest BCUT2D eigenvalue weighted by Crippen LogP contribution is -2.28. The van der Waals surface area contributed by atoms with Gasteiger partial charge in [0.05, 0.1) is 5.69 Å². The van der Waals surface area contributed by atoms with E-state index in [1.165, 1.54) is 6.42 Å². The standard InChI is InChI=1S/C16H25FN2/c1-12-5-4-9-19(10-8-12)16-14(11-13(2)18)6-3-7-15(16)17/h3,6-7,12-13H,4-5,8-11,18H2,1-2H3. The van der Waals surface area contributed by atoms with Gasteiger partial charge in [-0.05, 0) is 50.2 Å². The maximum atomic E-state index is 14.2. The number of rotatable bonds is 3. The Kier molecular flexibility index (Phi) is 4.81. The fourth-order valence-electron chi connectivity index (χ4n) is 2.91. The van der Waals surface area contributed by atoms with Gasteiger partial charge in [-0.1, -0.05) is 19.1 Å². The van der Waals surface area contributed by atoms with Crippen LogP contribution < -0.4 is 10.6 Å². The van der Waals surface area contributed by atoms with Gasteiger partial charge in [0.2, 0.25) is 0 Å². The van der Waals surface area contributed by atoms with Gasteiger partial charge >= 0.3 is 0 Å². The second-order valence-corrected chi connectivity index (χ2v) is 5.95. The molecule has 19 heavy (non-hydrogen) atoms. The summed E-state index contributed by atoms with van der Waals surface area (Å²) in [6.07, 6.45) is 4.27. The maximum Gasteiger partial charge on any atom is 0.146 e. The molecule has 2 nitrogen and oxygen atoms in total. The van der Waals surface area contributed by atoms with Gasteiger partial charge in [-0.2, -0.15) is 0 Å². The van der Waals surface area contributed by atoms with Gasteiger partial charge in [-0.3, -0.25) is 0 Å².